The van der Waals surface area contributed by atoms with E-state index < -0.39 is 0 Å². The van der Waals surface area contributed by atoms with Crippen LogP contribution in [0.2, 0.25) is 0 Å². The molecule has 0 atom stereocenters. The van der Waals surface area contributed by atoms with Crippen molar-refractivity contribution >= 4 is 5.88 Å². The summed E-state index contributed by atoms with van der Waals surface area (Å²) in [5, 5.41) is 3.63. The molecular weight excluding hydrogens is 224 g/mol. The molecule has 0 aliphatic carbocycles. The number of benzene rings is 1. The van der Waals surface area contributed by atoms with Gasteiger partial charge in [0, 0.05) is 0 Å². The van der Waals surface area contributed by atoms with E-state index in [2.05, 4.69) is 5.16 Å². The van der Waals surface area contributed by atoms with E-state index in [1.165, 1.54) is 0 Å². The number of nitrogens with two attached hydrogens (primary N) is 1. The van der Waals surface area contributed by atoms with Gasteiger partial charge in [-0.3, -0.25) is 0 Å². The molecule has 6 nitrogen and oxygen atoms in total. The molecule has 3 rings (SSSR count). The number of anilines is 1. The molecule has 0 spiro atoms. The minimum atomic E-state index is 0.189. The first-order valence-corrected chi connectivity index (χ1v) is 4.97. The topological polar surface area (TPSA) is 79.7 Å². The Labute approximate surface area is 96.9 Å². The summed E-state index contributed by atoms with van der Waals surface area (Å²) in [5.41, 5.74) is 7.17. The van der Waals surface area contributed by atoms with Gasteiger partial charge in [-0.05, 0) is 17.7 Å². The van der Waals surface area contributed by atoms with Gasteiger partial charge in [-0.15, -0.1) is 0 Å². The second kappa shape index (κ2) is 3.58. The van der Waals surface area contributed by atoms with Crippen LogP contribution in [-0.4, -0.2) is 19.1 Å². The Balaban J connectivity index is 2.16. The molecule has 0 unspecified atom stereocenters. The third-order valence-corrected chi connectivity index (χ3v) is 2.57. The first kappa shape index (κ1) is 9.83. The van der Waals surface area contributed by atoms with E-state index >= 15 is 0 Å². The highest BCUT2D eigenvalue weighted by Gasteiger charge is 2.21. The van der Waals surface area contributed by atoms with Gasteiger partial charge < -0.3 is 24.5 Å². The van der Waals surface area contributed by atoms with Crippen molar-refractivity contribution in [1.29, 1.82) is 0 Å². The summed E-state index contributed by atoms with van der Waals surface area (Å²) in [6.07, 6.45) is 1.55. The summed E-state index contributed by atoms with van der Waals surface area (Å²) in [6.45, 7) is 0.189. The first-order valence-electron chi connectivity index (χ1n) is 4.97. The summed E-state index contributed by atoms with van der Waals surface area (Å²) in [6, 6.07) is 3.62. The highest BCUT2D eigenvalue weighted by molar-refractivity contribution is 5.76. The van der Waals surface area contributed by atoms with Crippen LogP contribution < -0.4 is 19.9 Å². The van der Waals surface area contributed by atoms with Gasteiger partial charge >= 0.3 is 0 Å². The highest BCUT2D eigenvalue weighted by Crippen LogP contribution is 2.44. The second-order valence-electron chi connectivity index (χ2n) is 3.52. The minimum absolute atomic E-state index is 0.189. The first-order chi connectivity index (χ1) is 8.29. The average Bonchev–Trinajstić information content (AvgIpc) is 2.95. The number of methoxy groups -OCH3 is 1. The van der Waals surface area contributed by atoms with Crippen molar-refractivity contribution in [2.75, 3.05) is 19.6 Å². The van der Waals surface area contributed by atoms with E-state index in [4.69, 9.17) is 24.5 Å². The fourth-order valence-electron chi connectivity index (χ4n) is 1.75. The van der Waals surface area contributed by atoms with Crippen molar-refractivity contribution in [3.63, 3.8) is 0 Å². The van der Waals surface area contributed by atoms with Crippen LogP contribution in [0, 0.1) is 0 Å². The molecule has 2 heterocycles. The van der Waals surface area contributed by atoms with E-state index in [0.29, 0.717) is 22.8 Å². The van der Waals surface area contributed by atoms with E-state index in [1.807, 2.05) is 6.07 Å². The minimum Gasteiger partial charge on any atom is -0.493 e. The molecule has 0 fully saturated rings. The number of fused-ring (bicyclic) bond motifs is 1. The molecule has 0 radical (unpaired) electrons. The Morgan fingerprint density at radius 2 is 2.24 bits per heavy atom. The van der Waals surface area contributed by atoms with Crippen LogP contribution in [0.3, 0.4) is 0 Å². The Hall–Kier alpha value is -2.37. The lowest BCUT2D eigenvalue weighted by atomic mass is 10.1. The van der Waals surface area contributed by atoms with Gasteiger partial charge in [0.15, 0.2) is 11.5 Å². The number of rotatable bonds is 2. The molecule has 1 aromatic carbocycles. The zero-order valence-electron chi connectivity index (χ0n) is 9.10. The van der Waals surface area contributed by atoms with Gasteiger partial charge in [-0.1, -0.05) is 5.16 Å². The summed E-state index contributed by atoms with van der Waals surface area (Å²) in [5.74, 6) is 2.08. The molecule has 1 aliphatic heterocycles. The second-order valence-corrected chi connectivity index (χ2v) is 3.52. The van der Waals surface area contributed by atoms with Crippen molar-refractivity contribution in [2.24, 2.45) is 0 Å². The van der Waals surface area contributed by atoms with Crippen LogP contribution in [0.1, 0.15) is 0 Å². The van der Waals surface area contributed by atoms with E-state index in [1.54, 1.807) is 19.4 Å². The van der Waals surface area contributed by atoms with Crippen molar-refractivity contribution in [3.05, 3.63) is 18.3 Å². The zero-order valence-corrected chi connectivity index (χ0v) is 9.10. The van der Waals surface area contributed by atoms with Crippen molar-refractivity contribution in [1.82, 2.24) is 5.16 Å². The molecule has 1 aliphatic rings. The Kier molecular flexibility index (Phi) is 2.07. The maximum atomic E-state index is 5.67. The molecule has 17 heavy (non-hydrogen) atoms. The number of ether oxygens (including phenoxy) is 3. The maximum Gasteiger partial charge on any atom is 0.231 e. The van der Waals surface area contributed by atoms with Gasteiger partial charge in [0.2, 0.25) is 18.4 Å². The van der Waals surface area contributed by atoms with Gasteiger partial charge in [-0.25, -0.2) is 0 Å². The highest BCUT2D eigenvalue weighted by atomic mass is 16.7. The Morgan fingerprint density at radius 1 is 1.35 bits per heavy atom. The number of nitrogens with zero attached hydrogens (tertiary/aromatic N) is 1. The standard InChI is InChI=1S/C11H10N2O4/c1-14-8-2-6(7-4-13-17-11(7)12)3-9-10(8)16-5-15-9/h2-4H,5,12H2,1H3. The molecule has 0 amide bonds. The van der Waals surface area contributed by atoms with E-state index in [-0.39, 0.29) is 12.7 Å². The Morgan fingerprint density at radius 3 is 2.94 bits per heavy atom. The predicted molar refractivity (Wildman–Crippen MR) is 59.0 cm³/mol. The summed E-state index contributed by atoms with van der Waals surface area (Å²) < 4.78 is 20.7. The van der Waals surface area contributed by atoms with Crippen LogP contribution in [0.15, 0.2) is 22.9 Å². The maximum absolute atomic E-state index is 5.67. The molecule has 0 saturated heterocycles. The van der Waals surface area contributed by atoms with Crippen molar-refractivity contribution in [3.8, 4) is 28.4 Å². The van der Waals surface area contributed by atoms with Crippen molar-refractivity contribution in [2.45, 2.75) is 0 Å². The lowest BCUT2D eigenvalue weighted by Gasteiger charge is -2.06. The van der Waals surface area contributed by atoms with Crippen LogP contribution in [-0.2, 0) is 0 Å². The molecular formula is C11H10N2O4. The zero-order chi connectivity index (χ0) is 11.8. The third-order valence-electron chi connectivity index (χ3n) is 2.57. The van der Waals surface area contributed by atoms with E-state index in [9.17, 15) is 0 Å². The van der Waals surface area contributed by atoms with Gasteiger partial charge in [-0.2, -0.15) is 0 Å². The fourth-order valence-corrected chi connectivity index (χ4v) is 1.75. The lowest BCUT2D eigenvalue weighted by Crippen LogP contribution is -1.93. The Bertz CT molecular complexity index is 565. The number of nitrogen functional groups attached to an aromatic ring is 1. The number of aromatic nitrogens is 1. The molecule has 6 heteroatoms. The van der Waals surface area contributed by atoms with Gasteiger partial charge in [0.25, 0.3) is 0 Å². The molecule has 2 aromatic rings. The monoisotopic (exact) mass is 234 g/mol. The lowest BCUT2D eigenvalue weighted by molar-refractivity contribution is 0.171. The van der Waals surface area contributed by atoms with E-state index in [0.717, 1.165) is 5.56 Å². The largest absolute Gasteiger partial charge is 0.493 e. The van der Waals surface area contributed by atoms with Crippen LogP contribution in [0.4, 0.5) is 5.88 Å². The molecule has 0 bridgehead atoms. The molecule has 2 N–H and O–H groups in total. The third kappa shape index (κ3) is 1.45. The fraction of sp³-hybridized carbons (Fsp3) is 0.182. The number of hydrogen-bond donors (Lipinski definition) is 1. The molecule has 1 aromatic heterocycles. The molecule has 0 saturated carbocycles. The normalized spacial score (nSPS) is 12.8. The smallest absolute Gasteiger partial charge is 0.231 e. The predicted octanol–water partition coefficient (Wildman–Crippen LogP) is 1.66. The SMILES string of the molecule is COc1cc(-c2cnoc2N)cc2c1OCO2. The molecule has 88 valence electrons. The van der Waals surface area contributed by atoms with Gasteiger partial charge in [0.1, 0.15) is 0 Å². The average molecular weight is 234 g/mol. The van der Waals surface area contributed by atoms with Crippen LogP contribution in [0.5, 0.6) is 17.2 Å². The summed E-state index contributed by atoms with van der Waals surface area (Å²) in [7, 11) is 1.57. The number of hydrogen-bond acceptors (Lipinski definition) is 6. The quantitative estimate of drug-likeness (QED) is 0.851. The van der Waals surface area contributed by atoms with Crippen LogP contribution in [0.25, 0.3) is 11.1 Å². The summed E-state index contributed by atoms with van der Waals surface area (Å²) in [4.78, 5) is 0. The van der Waals surface area contributed by atoms with Gasteiger partial charge in [0.05, 0.1) is 18.9 Å². The summed E-state index contributed by atoms with van der Waals surface area (Å²) >= 11 is 0. The van der Waals surface area contributed by atoms with Crippen molar-refractivity contribution < 1.29 is 18.7 Å². The van der Waals surface area contributed by atoms with Crippen LogP contribution >= 0.6 is 0 Å².